The van der Waals surface area contributed by atoms with E-state index in [1.165, 1.54) is 13.8 Å². The predicted octanol–water partition coefficient (Wildman–Crippen LogP) is 1.94. The van der Waals surface area contributed by atoms with Gasteiger partial charge in [-0.3, -0.25) is 4.79 Å². The van der Waals surface area contributed by atoms with E-state index in [4.69, 9.17) is 5.11 Å². The maximum atomic E-state index is 12.1. The number of rotatable bonds is 5. The van der Waals surface area contributed by atoms with Gasteiger partial charge in [-0.05, 0) is 6.42 Å². The first kappa shape index (κ1) is 15.7. The van der Waals surface area contributed by atoms with E-state index in [1.807, 2.05) is 5.32 Å². The normalized spacial score (nSPS) is 14.2. The molecule has 100 valence electrons. The number of aliphatic carboxylic acids is 1. The zero-order valence-corrected chi connectivity index (χ0v) is 9.89. The largest absolute Gasteiger partial charge is 0.480 e. The predicted molar refractivity (Wildman–Crippen MR) is 54.3 cm³/mol. The molecular weight excluding hydrogens is 239 g/mol. The van der Waals surface area contributed by atoms with E-state index < -0.39 is 35.9 Å². The maximum absolute atomic E-state index is 12.1. The number of alkyl halides is 3. The molecule has 0 aromatic rings. The van der Waals surface area contributed by atoms with Crippen molar-refractivity contribution >= 4 is 11.9 Å². The van der Waals surface area contributed by atoms with Crippen LogP contribution in [0.15, 0.2) is 0 Å². The molecule has 2 N–H and O–H groups in total. The van der Waals surface area contributed by atoms with Gasteiger partial charge in [0.05, 0.1) is 6.42 Å². The Morgan fingerprint density at radius 1 is 1.29 bits per heavy atom. The summed E-state index contributed by atoms with van der Waals surface area (Å²) in [6.07, 6.45) is -5.81. The van der Waals surface area contributed by atoms with Crippen LogP contribution in [0.5, 0.6) is 0 Å². The van der Waals surface area contributed by atoms with E-state index in [1.54, 1.807) is 6.92 Å². The van der Waals surface area contributed by atoms with Gasteiger partial charge in [-0.15, -0.1) is 0 Å². The first-order chi connectivity index (χ1) is 7.49. The summed E-state index contributed by atoms with van der Waals surface area (Å²) in [5.74, 6) is -2.39. The lowest BCUT2D eigenvalue weighted by Crippen LogP contribution is -2.48. The molecule has 0 heterocycles. The number of halogens is 3. The molecule has 0 fully saturated rings. The summed E-state index contributed by atoms with van der Waals surface area (Å²) < 4.78 is 36.2. The van der Waals surface area contributed by atoms with Gasteiger partial charge in [0.1, 0.15) is 6.04 Å². The van der Waals surface area contributed by atoms with Crippen molar-refractivity contribution in [2.45, 2.75) is 45.8 Å². The summed E-state index contributed by atoms with van der Waals surface area (Å²) in [7, 11) is 0. The number of hydrogen-bond acceptors (Lipinski definition) is 2. The van der Waals surface area contributed by atoms with Crippen LogP contribution in [-0.4, -0.2) is 29.2 Å². The molecule has 1 atom stereocenters. The van der Waals surface area contributed by atoms with Crippen LogP contribution in [0.2, 0.25) is 0 Å². The van der Waals surface area contributed by atoms with Gasteiger partial charge in [0.25, 0.3) is 0 Å². The zero-order valence-electron chi connectivity index (χ0n) is 9.89. The zero-order chi connectivity index (χ0) is 13.9. The van der Waals surface area contributed by atoms with Gasteiger partial charge >= 0.3 is 12.1 Å². The number of carbonyl (C=O) groups excluding carboxylic acids is 1. The van der Waals surface area contributed by atoms with Gasteiger partial charge in [0.2, 0.25) is 5.91 Å². The molecule has 0 aromatic carbocycles. The quantitative estimate of drug-likeness (QED) is 0.789. The Morgan fingerprint density at radius 3 is 2.06 bits per heavy atom. The minimum atomic E-state index is -4.63. The fourth-order valence-corrected chi connectivity index (χ4v) is 0.946. The van der Waals surface area contributed by atoms with Gasteiger partial charge in [0, 0.05) is 5.41 Å². The smallest absolute Gasteiger partial charge is 0.391 e. The average Bonchev–Trinajstić information content (AvgIpc) is 2.14. The molecule has 1 amide bonds. The Labute approximate surface area is 97.2 Å². The minimum absolute atomic E-state index is 0.400. The minimum Gasteiger partial charge on any atom is -0.480 e. The highest BCUT2D eigenvalue weighted by atomic mass is 19.4. The number of hydrogen-bond donors (Lipinski definition) is 2. The fraction of sp³-hybridized carbons (Fsp3) is 0.800. The SMILES string of the molecule is CCC(C)(C)C(=O)NC(CC(F)(F)F)C(=O)O. The summed E-state index contributed by atoms with van der Waals surface area (Å²) in [5, 5.41) is 10.5. The van der Waals surface area contributed by atoms with E-state index >= 15 is 0 Å². The average molecular weight is 255 g/mol. The molecule has 0 radical (unpaired) electrons. The van der Waals surface area contributed by atoms with Crippen LogP contribution in [-0.2, 0) is 9.59 Å². The molecule has 7 heteroatoms. The summed E-state index contributed by atoms with van der Waals surface area (Å²) in [4.78, 5) is 22.2. The Kier molecular flexibility index (Phi) is 4.97. The lowest BCUT2D eigenvalue weighted by Gasteiger charge is -2.24. The monoisotopic (exact) mass is 255 g/mol. The van der Waals surface area contributed by atoms with E-state index in [0.29, 0.717) is 6.42 Å². The van der Waals surface area contributed by atoms with Gasteiger partial charge in [0.15, 0.2) is 0 Å². The number of carbonyl (C=O) groups is 2. The first-order valence-electron chi connectivity index (χ1n) is 5.10. The standard InChI is InChI=1S/C10H16F3NO3/c1-4-9(2,3)8(17)14-6(7(15)16)5-10(11,12)13/h6H,4-5H2,1-3H3,(H,14,17)(H,15,16). The molecule has 0 aliphatic rings. The molecule has 0 rings (SSSR count). The van der Waals surface area contributed by atoms with Crippen LogP contribution in [0.1, 0.15) is 33.6 Å². The second-order valence-corrected chi connectivity index (χ2v) is 4.42. The van der Waals surface area contributed by atoms with Gasteiger partial charge < -0.3 is 10.4 Å². The molecule has 0 bridgehead atoms. The van der Waals surface area contributed by atoms with Crippen LogP contribution < -0.4 is 5.32 Å². The van der Waals surface area contributed by atoms with Crippen LogP contribution >= 0.6 is 0 Å². The van der Waals surface area contributed by atoms with E-state index in [9.17, 15) is 22.8 Å². The van der Waals surface area contributed by atoms with Crippen LogP contribution in [0, 0.1) is 5.41 Å². The first-order valence-corrected chi connectivity index (χ1v) is 5.10. The van der Waals surface area contributed by atoms with Crippen molar-refractivity contribution in [3.63, 3.8) is 0 Å². The molecule has 0 aromatic heterocycles. The third-order valence-electron chi connectivity index (χ3n) is 2.54. The Bertz CT molecular complexity index is 300. The molecular formula is C10H16F3NO3. The molecule has 17 heavy (non-hydrogen) atoms. The highest BCUT2D eigenvalue weighted by molar-refractivity contribution is 5.86. The molecule has 4 nitrogen and oxygen atoms in total. The van der Waals surface area contributed by atoms with Gasteiger partial charge in [-0.2, -0.15) is 13.2 Å². The molecule has 1 unspecified atom stereocenters. The van der Waals surface area contributed by atoms with Crippen LogP contribution in [0.4, 0.5) is 13.2 Å². The topological polar surface area (TPSA) is 66.4 Å². The van der Waals surface area contributed by atoms with Crippen molar-refractivity contribution in [1.82, 2.24) is 5.32 Å². The molecule has 0 spiro atoms. The Hall–Kier alpha value is -1.27. The van der Waals surface area contributed by atoms with Crippen molar-refractivity contribution in [2.24, 2.45) is 5.41 Å². The van der Waals surface area contributed by atoms with Crippen molar-refractivity contribution in [2.75, 3.05) is 0 Å². The summed E-state index contributed by atoms with van der Waals surface area (Å²) in [6.45, 7) is 4.77. The number of carboxylic acids is 1. The summed E-state index contributed by atoms with van der Waals surface area (Å²) in [6, 6.07) is -1.94. The lowest BCUT2D eigenvalue weighted by atomic mass is 9.89. The summed E-state index contributed by atoms with van der Waals surface area (Å²) in [5.41, 5.74) is -0.890. The highest BCUT2D eigenvalue weighted by Gasteiger charge is 2.38. The van der Waals surface area contributed by atoms with Gasteiger partial charge in [-0.25, -0.2) is 4.79 Å². The van der Waals surface area contributed by atoms with E-state index in [-0.39, 0.29) is 0 Å². The maximum Gasteiger partial charge on any atom is 0.391 e. The third kappa shape index (κ3) is 5.55. The molecule has 0 aliphatic carbocycles. The van der Waals surface area contributed by atoms with Crippen molar-refractivity contribution in [3.05, 3.63) is 0 Å². The molecule has 0 aliphatic heterocycles. The number of carboxylic acid groups (broad SMARTS) is 1. The Balaban J connectivity index is 4.68. The van der Waals surface area contributed by atoms with Crippen molar-refractivity contribution in [1.29, 1.82) is 0 Å². The van der Waals surface area contributed by atoms with Crippen molar-refractivity contribution in [3.8, 4) is 0 Å². The second-order valence-electron chi connectivity index (χ2n) is 4.42. The highest BCUT2D eigenvalue weighted by Crippen LogP contribution is 2.24. The number of amides is 1. The van der Waals surface area contributed by atoms with Crippen LogP contribution in [0.25, 0.3) is 0 Å². The van der Waals surface area contributed by atoms with E-state index in [0.717, 1.165) is 0 Å². The van der Waals surface area contributed by atoms with E-state index in [2.05, 4.69) is 0 Å². The van der Waals surface area contributed by atoms with Crippen molar-refractivity contribution < 1.29 is 27.9 Å². The number of nitrogens with one attached hydrogen (secondary N) is 1. The lowest BCUT2D eigenvalue weighted by molar-refractivity contribution is -0.161. The van der Waals surface area contributed by atoms with Gasteiger partial charge in [-0.1, -0.05) is 20.8 Å². The molecule has 0 saturated heterocycles. The summed E-state index contributed by atoms with van der Waals surface area (Å²) >= 11 is 0. The van der Waals surface area contributed by atoms with Crippen LogP contribution in [0.3, 0.4) is 0 Å². The second kappa shape index (κ2) is 5.37. The Morgan fingerprint density at radius 2 is 1.76 bits per heavy atom. The fourth-order valence-electron chi connectivity index (χ4n) is 0.946. The molecule has 0 saturated carbocycles. The third-order valence-corrected chi connectivity index (χ3v) is 2.54.